The highest BCUT2D eigenvalue weighted by atomic mass is 16.2. The Morgan fingerprint density at radius 3 is 3.06 bits per heavy atom. The lowest BCUT2D eigenvalue weighted by atomic mass is 10.0. The molecule has 1 fully saturated rings. The van der Waals surface area contributed by atoms with Crippen molar-refractivity contribution in [3.8, 4) is 0 Å². The number of amides is 1. The maximum atomic E-state index is 12.2. The predicted molar refractivity (Wildman–Crippen MR) is 73.4 cm³/mol. The molecule has 2 rings (SSSR count). The summed E-state index contributed by atoms with van der Waals surface area (Å²) >= 11 is 0. The second kappa shape index (κ2) is 6.01. The molecule has 0 aromatic heterocycles. The van der Waals surface area contributed by atoms with E-state index >= 15 is 0 Å². The Labute approximate surface area is 109 Å². The van der Waals surface area contributed by atoms with Crippen molar-refractivity contribution >= 4 is 5.91 Å². The number of hydrogen-bond acceptors (Lipinski definition) is 2. The molecule has 1 atom stereocenters. The van der Waals surface area contributed by atoms with Crippen molar-refractivity contribution in [1.29, 1.82) is 0 Å². The van der Waals surface area contributed by atoms with Crippen molar-refractivity contribution in [2.45, 2.75) is 32.2 Å². The molecule has 1 N–H and O–H groups in total. The van der Waals surface area contributed by atoms with Gasteiger partial charge in [-0.25, -0.2) is 0 Å². The van der Waals surface area contributed by atoms with Crippen molar-refractivity contribution < 1.29 is 4.79 Å². The average Bonchev–Trinajstić information content (AvgIpc) is 2.85. The van der Waals surface area contributed by atoms with E-state index in [4.69, 9.17) is 0 Å². The molecule has 1 unspecified atom stereocenters. The Morgan fingerprint density at radius 2 is 2.33 bits per heavy atom. The Balaban J connectivity index is 2.10. The highest BCUT2D eigenvalue weighted by Crippen LogP contribution is 2.32. The Hall–Kier alpha value is -1.35. The molecular weight excluding hydrogens is 224 g/mol. The molecule has 1 saturated heterocycles. The van der Waals surface area contributed by atoms with E-state index in [0.717, 1.165) is 25.9 Å². The lowest BCUT2D eigenvalue weighted by Crippen LogP contribution is -2.32. The van der Waals surface area contributed by atoms with Gasteiger partial charge in [-0.2, -0.15) is 0 Å². The predicted octanol–water partition coefficient (Wildman–Crippen LogP) is 2.27. The average molecular weight is 246 g/mol. The van der Waals surface area contributed by atoms with E-state index in [1.54, 1.807) is 0 Å². The summed E-state index contributed by atoms with van der Waals surface area (Å²) in [6.45, 7) is 3.77. The van der Waals surface area contributed by atoms with Gasteiger partial charge in [0.25, 0.3) is 0 Å². The maximum Gasteiger partial charge on any atom is 0.224 e. The largest absolute Gasteiger partial charge is 0.336 e. The third-order valence-corrected chi connectivity index (χ3v) is 3.59. The van der Waals surface area contributed by atoms with Crippen LogP contribution < -0.4 is 5.32 Å². The Morgan fingerprint density at radius 1 is 1.50 bits per heavy atom. The van der Waals surface area contributed by atoms with Crippen molar-refractivity contribution in [2.24, 2.45) is 0 Å². The van der Waals surface area contributed by atoms with E-state index < -0.39 is 0 Å². The Bertz CT molecular complexity index is 417. The first-order valence-corrected chi connectivity index (χ1v) is 6.73. The summed E-state index contributed by atoms with van der Waals surface area (Å²) in [4.78, 5) is 14.2. The van der Waals surface area contributed by atoms with Crippen LogP contribution in [-0.2, 0) is 4.79 Å². The lowest BCUT2D eigenvalue weighted by molar-refractivity contribution is -0.132. The van der Waals surface area contributed by atoms with Crippen molar-refractivity contribution in [3.05, 3.63) is 35.4 Å². The molecule has 0 aliphatic carbocycles. The van der Waals surface area contributed by atoms with Gasteiger partial charge in [0.05, 0.1) is 6.04 Å². The molecule has 1 aliphatic rings. The van der Waals surface area contributed by atoms with Gasteiger partial charge in [-0.3, -0.25) is 4.79 Å². The number of likely N-dealkylation sites (tertiary alicyclic amines) is 1. The van der Waals surface area contributed by atoms with Gasteiger partial charge < -0.3 is 10.2 Å². The standard InChI is InChI=1S/C15H22N2O/c1-12-5-3-6-13(11-12)14-7-4-10-17(14)15(18)8-9-16-2/h3,5-6,11,14,16H,4,7-10H2,1-2H3. The molecule has 18 heavy (non-hydrogen) atoms. The molecule has 0 saturated carbocycles. The highest BCUT2D eigenvalue weighted by Gasteiger charge is 2.29. The van der Waals surface area contributed by atoms with Crippen LogP contribution in [-0.4, -0.2) is 30.9 Å². The maximum absolute atomic E-state index is 12.2. The summed E-state index contributed by atoms with van der Waals surface area (Å²) in [5.74, 6) is 0.272. The molecule has 1 aromatic rings. The number of nitrogens with zero attached hydrogens (tertiary/aromatic N) is 1. The van der Waals surface area contributed by atoms with Crippen LogP contribution >= 0.6 is 0 Å². The molecule has 1 amide bonds. The van der Waals surface area contributed by atoms with E-state index in [1.165, 1.54) is 11.1 Å². The summed E-state index contributed by atoms with van der Waals surface area (Å²) < 4.78 is 0. The summed E-state index contributed by atoms with van der Waals surface area (Å²) in [5.41, 5.74) is 2.55. The third kappa shape index (κ3) is 2.91. The molecule has 3 nitrogen and oxygen atoms in total. The summed E-state index contributed by atoms with van der Waals surface area (Å²) in [7, 11) is 1.88. The zero-order valence-electron chi connectivity index (χ0n) is 11.3. The van der Waals surface area contributed by atoms with Gasteiger partial charge in [0.15, 0.2) is 0 Å². The number of hydrogen-bond donors (Lipinski definition) is 1. The van der Waals surface area contributed by atoms with Crippen LogP contribution in [0.25, 0.3) is 0 Å². The highest BCUT2D eigenvalue weighted by molar-refractivity contribution is 5.77. The van der Waals surface area contributed by atoms with Crippen LogP contribution in [0.15, 0.2) is 24.3 Å². The molecule has 98 valence electrons. The Kier molecular flexibility index (Phi) is 4.37. The molecule has 0 spiro atoms. The van der Waals surface area contributed by atoms with E-state index in [0.29, 0.717) is 6.42 Å². The second-order valence-electron chi connectivity index (χ2n) is 5.01. The second-order valence-corrected chi connectivity index (χ2v) is 5.01. The minimum absolute atomic E-state index is 0.272. The fourth-order valence-corrected chi connectivity index (χ4v) is 2.66. The van der Waals surface area contributed by atoms with Gasteiger partial charge in [-0.15, -0.1) is 0 Å². The summed E-state index contributed by atoms with van der Waals surface area (Å²) in [5, 5.41) is 3.04. The minimum Gasteiger partial charge on any atom is -0.336 e. The van der Waals surface area contributed by atoms with Gasteiger partial charge >= 0.3 is 0 Å². The van der Waals surface area contributed by atoms with Crippen LogP contribution in [0.3, 0.4) is 0 Å². The molecule has 0 bridgehead atoms. The summed E-state index contributed by atoms with van der Waals surface area (Å²) in [6, 6.07) is 8.81. The van der Waals surface area contributed by atoms with E-state index in [1.807, 2.05) is 11.9 Å². The van der Waals surface area contributed by atoms with E-state index in [-0.39, 0.29) is 11.9 Å². The van der Waals surface area contributed by atoms with Crippen molar-refractivity contribution in [2.75, 3.05) is 20.1 Å². The smallest absolute Gasteiger partial charge is 0.224 e. The molecule has 1 heterocycles. The van der Waals surface area contributed by atoms with Gasteiger partial charge in [0, 0.05) is 19.5 Å². The topological polar surface area (TPSA) is 32.3 Å². The van der Waals surface area contributed by atoms with Gasteiger partial charge in [0.2, 0.25) is 5.91 Å². The van der Waals surface area contributed by atoms with Crippen LogP contribution in [0.1, 0.15) is 36.4 Å². The number of benzene rings is 1. The fourth-order valence-electron chi connectivity index (χ4n) is 2.66. The first kappa shape index (κ1) is 13.1. The zero-order valence-corrected chi connectivity index (χ0v) is 11.3. The first-order chi connectivity index (χ1) is 8.72. The number of nitrogens with one attached hydrogen (secondary N) is 1. The third-order valence-electron chi connectivity index (χ3n) is 3.59. The quantitative estimate of drug-likeness (QED) is 0.884. The van der Waals surface area contributed by atoms with Gasteiger partial charge in [0.1, 0.15) is 0 Å². The molecule has 1 aliphatic heterocycles. The van der Waals surface area contributed by atoms with Crippen LogP contribution in [0.2, 0.25) is 0 Å². The van der Waals surface area contributed by atoms with Crippen LogP contribution in [0.4, 0.5) is 0 Å². The molecule has 0 radical (unpaired) electrons. The summed E-state index contributed by atoms with van der Waals surface area (Å²) in [6.07, 6.45) is 2.80. The SMILES string of the molecule is CNCCC(=O)N1CCCC1c1cccc(C)c1. The van der Waals surface area contributed by atoms with Gasteiger partial charge in [-0.1, -0.05) is 29.8 Å². The number of carbonyl (C=O) groups excluding carboxylic acids is 1. The number of rotatable bonds is 4. The van der Waals surface area contributed by atoms with Crippen LogP contribution in [0.5, 0.6) is 0 Å². The number of carbonyl (C=O) groups is 1. The molecule has 3 heteroatoms. The lowest BCUT2D eigenvalue weighted by Gasteiger charge is -2.25. The zero-order chi connectivity index (χ0) is 13.0. The number of aryl methyl sites for hydroxylation is 1. The monoisotopic (exact) mass is 246 g/mol. The first-order valence-electron chi connectivity index (χ1n) is 6.73. The van der Waals surface area contributed by atoms with Crippen molar-refractivity contribution in [1.82, 2.24) is 10.2 Å². The van der Waals surface area contributed by atoms with E-state index in [9.17, 15) is 4.79 Å². The van der Waals surface area contributed by atoms with Crippen LogP contribution in [0, 0.1) is 6.92 Å². The normalized spacial score (nSPS) is 19.2. The van der Waals surface area contributed by atoms with Gasteiger partial charge in [-0.05, 0) is 32.4 Å². The van der Waals surface area contributed by atoms with Crippen molar-refractivity contribution in [3.63, 3.8) is 0 Å². The van der Waals surface area contributed by atoms with E-state index in [2.05, 4.69) is 36.5 Å². The fraction of sp³-hybridized carbons (Fsp3) is 0.533. The molecular formula is C15H22N2O. The minimum atomic E-state index is 0.272. The molecule has 1 aromatic carbocycles.